The third-order valence-electron chi connectivity index (χ3n) is 4.67. The Morgan fingerprint density at radius 2 is 2.05 bits per heavy atom. The Labute approximate surface area is 135 Å². The SMILES string of the molecule is Cc1[nH]c2cc(C(=O)N(C)C3CCNCC3)sc2c1C(C)C. The molecule has 0 spiro atoms. The van der Waals surface area contributed by atoms with Gasteiger partial charge in [-0.25, -0.2) is 0 Å². The monoisotopic (exact) mass is 319 g/mol. The van der Waals surface area contributed by atoms with Crippen LogP contribution in [0, 0.1) is 6.92 Å². The maximum absolute atomic E-state index is 12.8. The molecule has 2 N–H and O–H groups in total. The molecule has 3 rings (SSSR count). The van der Waals surface area contributed by atoms with Gasteiger partial charge in [-0.2, -0.15) is 0 Å². The van der Waals surface area contributed by atoms with Gasteiger partial charge in [-0.3, -0.25) is 4.79 Å². The number of H-pyrrole nitrogens is 1. The number of nitrogens with zero attached hydrogens (tertiary/aromatic N) is 1. The molecule has 1 aliphatic rings. The number of carbonyl (C=O) groups is 1. The van der Waals surface area contributed by atoms with Crippen molar-refractivity contribution in [1.82, 2.24) is 15.2 Å². The number of hydrogen-bond acceptors (Lipinski definition) is 3. The average molecular weight is 319 g/mol. The largest absolute Gasteiger partial charge is 0.358 e. The van der Waals surface area contributed by atoms with E-state index in [2.05, 4.69) is 31.1 Å². The van der Waals surface area contributed by atoms with Crippen molar-refractivity contribution in [2.45, 2.75) is 45.6 Å². The average Bonchev–Trinajstić information content (AvgIpc) is 3.02. The number of rotatable bonds is 3. The van der Waals surface area contributed by atoms with Crippen LogP contribution in [-0.4, -0.2) is 42.0 Å². The molecule has 1 amide bonds. The van der Waals surface area contributed by atoms with Crippen LogP contribution in [0.1, 0.15) is 53.5 Å². The van der Waals surface area contributed by atoms with Gasteiger partial charge in [-0.1, -0.05) is 13.8 Å². The van der Waals surface area contributed by atoms with E-state index in [1.807, 2.05) is 18.0 Å². The van der Waals surface area contributed by atoms with Gasteiger partial charge in [0.25, 0.3) is 5.91 Å². The first kappa shape index (κ1) is 15.6. The lowest BCUT2D eigenvalue weighted by molar-refractivity contribution is 0.0708. The Morgan fingerprint density at radius 1 is 1.36 bits per heavy atom. The van der Waals surface area contributed by atoms with Crippen molar-refractivity contribution in [2.24, 2.45) is 0 Å². The molecular formula is C17H25N3OS. The highest BCUT2D eigenvalue weighted by atomic mass is 32.1. The minimum Gasteiger partial charge on any atom is -0.358 e. The second-order valence-corrected chi connectivity index (χ2v) is 7.62. The van der Waals surface area contributed by atoms with Gasteiger partial charge in [0.1, 0.15) is 0 Å². The van der Waals surface area contributed by atoms with E-state index in [1.54, 1.807) is 11.3 Å². The lowest BCUT2D eigenvalue weighted by Crippen LogP contribution is -2.43. The zero-order valence-corrected chi connectivity index (χ0v) is 14.6. The van der Waals surface area contributed by atoms with Crippen LogP contribution in [0.15, 0.2) is 6.07 Å². The number of aromatic amines is 1. The molecule has 0 bridgehead atoms. The second kappa shape index (κ2) is 6.05. The number of thiophene rings is 1. The Kier molecular flexibility index (Phi) is 4.28. The summed E-state index contributed by atoms with van der Waals surface area (Å²) in [6, 6.07) is 2.39. The fourth-order valence-corrected chi connectivity index (χ4v) is 4.80. The summed E-state index contributed by atoms with van der Waals surface area (Å²) < 4.78 is 1.24. The molecule has 1 aliphatic heterocycles. The molecule has 1 saturated heterocycles. The van der Waals surface area contributed by atoms with E-state index in [9.17, 15) is 4.79 Å². The highest BCUT2D eigenvalue weighted by Gasteiger charge is 2.25. The van der Waals surface area contributed by atoms with Crippen LogP contribution in [0.3, 0.4) is 0 Å². The second-order valence-electron chi connectivity index (χ2n) is 6.57. The smallest absolute Gasteiger partial charge is 0.264 e. The summed E-state index contributed by atoms with van der Waals surface area (Å²) in [5.41, 5.74) is 3.68. The number of aromatic nitrogens is 1. The van der Waals surface area contributed by atoms with Crippen molar-refractivity contribution >= 4 is 27.5 Å². The zero-order valence-electron chi connectivity index (χ0n) is 13.8. The van der Waals surface area contributed by atoms with Crippen LogP contribution >= 0.6 is 11.3 Å². The molecule has 3 heterocycles. The number of carbonyl (C=O) groups excluding carboxylic acids is 1. The summed E-state index contributed by atoms with van der Waals surface area (Å²) in [5.74, 6) is 0.631. The summed E-state index contributed by atoms with van der Waals surface area (Å²) in [7, 11) is 1.95. The molecule has 5 heteroatoms. The molecule has 0 saturated carbocycles. The maximum Gasteiger partial charge on any atom is 0.264 e. The van der Waals surface area contributed by atoms with Crippen LogP contribution < -0.4 is 5.32 Å². The first-order valence-corrected chi connectivity index (χ1v) is 8.90. The predicted octanol–water partition coefficient (Wildman–Crippen LogP) is 3.49. The van der Waals surface area contributed by atoms with Crippen LogP contribution in [-0.2, 0) is 0 Å². The fraction of sp³-hybridized carbons (Fsp3) is 0.588. The first-order valence-electron chi connectivity index (χ1n) is 8.09. The third kappa shape index (κ3) is 2.68. The molecule has 0 aliphatic carbocycles. The minimum atomic E-state index is 0.161. The molecule has 4 nitrogen and oxygen atoms in total. The molecular weight excluding hydrogens is 294 g/mol. The van der Waals surface area contributed by atoms with E-state index >= 15 is 0 Å². The van der Waals surface area contributed by atoms with E-state index in [0.717, 1.165) is 36.3 Å². The summed E-state index contributed by atoms with van der Waals surface area (Å²) in [4.78, 5) is 19.0. The number of amides is 1. The summed E-state index contributed by atoms with van der Waals surface area (Å²) >= 11 is 1.64. The summed E-state index contributed by atoms with van der Waals surface area (Å²) in [5, 5.41) is 3.35. The van der Waals surface area contributed by atoms with E-state index in [0.29, 0.717) is 12.0 Å². The van der Waals surface area contributed by atoms with E-state index in [4.69, 9.17) is 0 Å². The van der Waals surface area contributed by atoms with Crippen molar-refractivity contribution in [3.05, 3.63) is 22.2 Å². The van der Waals surface area contributed by atoms with Crippen molar-refractivity contribution < 1.29 is 4.79 Å². The van der Waals surface area contributed by atoms with Gasteiger partial charge in [-0.05, 0) is 50.4 Å². The molecule has 1 fully saturated rings. The number of fused-ring (bicyclic) bond motifs is 1. The molecule has 2 aromatic heterocycles. The summed E-state index contributed by atoms with van der Waals surface area (Å²) in [6.45, 7) is 8.54. The molecule has 0 radical (unpaired) electrons. The fourth-order valence-electron chi connectivity index (χ4n) is 3.46. The van der Waals surface area contributed by atoms with E-state index in [-0.39, 0.29) is 5.91 Å². The van der Waals surface area contributed by atoms with Crippen molar-refractivity contribution in [2.75, 3.05) is 20.1 Å². The zero-order chi connectivity index (χ0) is 15.9. The standard InChI is InChI=1S/C17H25N3OS/c1-10(2)15-11(3)19-13-9-14(22-16(13)15)17(21)20(4)12-5-7-18-8-6-12/h9-10,12,18-19H,5-8H2,1-4H3. The molecule has 2 aromatic rings. The number of hydrogen-bond donors (Lipinski definition) is 2. The lowest BCUT2D eigenvalue weighted by Gasteiger charge is -2.31. The normalized spacial score (nSPS) is 16.6. The predicted molar refractivity (Wildman–Crippen MR) is 93.0 cm³/mol. The van der Waals surface area contributed by atoms with Crippen molar-refractivity contribution in [1.29, 1.82) is 0 Å². The van der Waals surface area contributed by atoms with Crippen LogP contribution in [0.25, 0.3) is 10.2 Å². The first-order chi connectivity index (χ1) is 10.5. The maximum atomic E-state index is 12.8. The van der Waals surface area contributed by atoms with Gasteiger partial charge in [0.15, 0.2) is 0 Å². The van der Waals surface area contributed by atoms with E-state index < -0.39 is 0 Å². The summed E-state index contributed by atoms with van der Waals surface area (Å²) in [6.07, 6.45) is 2.09. The lowest BCUT2D eigenvalue weighted by atomic mass is 10.0. The molecule has 120 valence electrons. The Morgan fingerprint density at radius 3 is 2.68 bits per heavy atom. The van der Waals surface area contributed by atoms with Gasteiger partial charge < -0.3 is 15.2 Å². The van der Waals surface area contributed by atoms with Crippen LogP contribution in [0.5, 0.6) is 0 Å². The highest BCUT2D eigenvalue weighted by Crippen LogP contribution is 2.35. The molecule has 0 aromatic carbocycles. The molecule has 0 atom stereocenters. The van der Waals surface area contributed by atoms with Gasteiger partial charge in [0.05, 0.1) is 15.1 Å². The van der Waals surface area contributed by atoms with Crippen molar-refractivity contribution in [3.63, 3.8) is 0 Å². The number of aryl methyl sites for hydroxylation is 1. The number of nitrogens with one attached hydrogen (secondary N) is 2. The molecule has 0 unspecified atom stereocenters. The van der Waals surface area contributed by atoms with Gasteiger partial charge >= 0.3 is 0 Å². The van der Waals surface area contributed by atoms with Gasteiger partial charge in [0, 0.05) is 18.8 Å². The van der Waals surface area contributed by atoms with Gasteiger partial charge in [-0.15, -0.1) is 11.3 Å². The Balaban J connectivity index is 1.88. The third-order valence-corrected chi connectivity index (χ3v) is 5.82. The van der Waals surface area contributed by atoms with Crippen molar-refractivity contribution in [3.8, 4) is 0 Å². The Hall–Kier alpha value is -1.33. The van der Waals surface area contributed by atoms with Crippen LogP contribution in [0.2, 0.25) is 0 Å². The van der Waals surface area contributed by atoms with Crippen LogP contribution in [0.4, 0.5) is 0 Å². The number of piperidine rings is 1. The van der Waals surface area contributed by atoms with E-state index in [1.165, 1.54) is 16.0 Å². The quantitative estimate of drug-likeness (QED) is 0.910. The topological polar surface area (TPSA) is 48.1 Å². The highest BCUT2D eigenvalue weighted by molar-refractivity contribution is 7.21. The Bertz CT molecular complexity index is 679. The minimum absolute atomic E-state index is 0.161. The molecule has 22 heavy (non-hydrogen) atoms. The van der Waals surface area contributed by atoms with Gasteiger partial charge in [0.2, 0.25) is 0 Å².